The maximum Gasteiger partial charge on any atom is 0.123 e. The molecule has 0 bridgehead atoms. The number of aryl methyl sites for hydroxylation is 1. The number of rotatable bonds is 4. The lowest BCUT2D eigenvalue weighted by Gasteiger charge is -2.07. The van der Waals surface area contributed by atoms with Gasteiger partial charge in [-0.1, -0.05) is 37.3 Å². The van der Waals surface area contributed by atoms with Gasteiger partial charge >= 0.3 is 0 Å². The van der Waals surface area contributed by atoms with Gasteiger partial charge in [-0.15, -0.1) is 11.3 Å². The van der Waals surface area contributed by atoms with Crippen LogP contribution in [0.5, 0.6) is 0 Å². The number of aromatic nitrogens is 1. The first-order chi connectivity index (χ1) is 8.22. The number of benzene rings is 1. The minimum Gasteiger partial charge on any atom is -0.330 e. The van der Waals surface area contributed by atoms with Crippen molar-refractivity contribution in [3.05, 3.63) is 40.9 Å². The van der Waals surface area contributed by atoms with Crippen molar-refractivity contribution in [2.75, 3.05) is 6.54 Å². The lowest BCUT2D eigenvalue weighted by atomic mass is 10.1. The molecule has 0 aliphatic heterocycles. The predicted molar refractivity (Wildman–Crippen MR) is 74.4 cm³/mol. The highest BCUT2D eigenvalue weighted by atomic mass is 32.1. The smallest absolute Gasteiger partial charge is 0.123 e. The van der Waals surface area contributed by atoms with Crippen molar-refractivity contribution < 1.29 is 0 Å². The summed E-state index contributed by atoms with van der Waals surface area (Å²) in [5.74, 6) is 0.509. The molecule has 2 aromatic rings. The van der Waals surface area contributed by atoms with Crippen LogP contribution in [0.3, 0.4) is 0 Å². The van der Waals surface area contributed by atoms with Crippen LogP contribution >= 0.6 is 11.3 Å². The Hall–Kier alpha value is -1.19. The second-order valence-corrected chi connectivity index (χ2v) is 5.34. The van der Waals surface area contributed by atoms with Gasteiger partial charge in [0.2, 0.25) is 0 Å². The van der Waals surface area contributed by atoms with E-state index in [-0.39, 0.29) is 0 Å². The van der Waals surface area contributed by atoms with Crippen LogP contribution in [0.15, 0.2) is 30.3 Å². The fourth-order valence-electron chi connectivity index (χ4n) is 1.95. The molecule has 2 rings (SSSR count). The van der Waals surface area contributed by atoms with Gasteiger partial charge in [0.05, 0.1) is 5.69 Å². The quantitative estimate of drug-likeness (QED) is 0.895. The molecule has 0 aliphatic rings. The third kappa shape index (κ3) is 2.73. The molecule has 1 aromatic heterocycles. The van der Waals surface area contributed by atoms with Gasteiger partial charge in [-0.2, -0.15) is 0 Å². The van der Waals surface area contributed by atoms with Crippen LogP contribution in [0.1, 0.15) is 29.8 Å². The first-order valence-corrected chi connectivity index (χ1v) is 6.77. The number of thiazole rings is 1. The fourth-order valence-corrected chi connectivity index (χ4v) is 3.11. The van der Waals surface area contributed by atoms with Gasteiger partial charge in [-0.05, 0) is 25.8 Å². The third-order valence-corrected chi connectivity index (χ3v) is 4.34. The van der Waals surface area contributed by atoms with Gasteiger partial charge in [0.25, 0.3) is 0 Å². The van der Waals surface area contributed by atoms with E-state index in [9.17, 15) is 0 Å². The average molecular weight is 246 g/mol. The van der Waals surface area contributed by atoms with E-state index in [1.807, 2.05) is 6.07 Å². The molecule has 2 N–H and O–H groups in total. The molecule has 1 heterocycles. The molecule has 0 radical (unpaired) electrons. The van der Waals surface area contributed by atoms with Crippen LogP contribution < -0.4 is 5.73 Å². The molecule has 17 heavy (non-hydrogen) atoms. The van der Waals surface area contributed by atoms with Crippen molar-refractivity contribution in [1.82, 2.24) is 4.98 Å². The van der Waals surface area contributed by atoms with Crippen molar-refractivity contribution in [2.24, 2.45) is 5.73 Å². The molecule has 1 unspecified atom stereocenters. The molecular formula is C14H18N2S. The number of nitrogens with zero attached hydrogens (tertiary/aromatic N) is 1. The molecule has 0 aliphatic carbocycles. The van der Waals surface area contributed by atoms with Crippen LogP contribution in [-0.2, 0) is 0 Å². The lowest BCUT2D eigenvalue weighted by molar-refractivity contribution is 0.696. The highest BCUT2D eigenvalue weighted by Gasteiger charge is 2.14. The van der Waals surface area contributed by atoms with Gasteiger partial charge in [0, 0.05) is 10.4 Å². The monoisotopic (exact) mass is 246 g/mol. The van der Waals surface area contributed by atoms with E-state index in [0.29, 0.717) is 5.92 Å². The van der Waals surface area contributed by atoms with Crippen molar-refractivity contribution in [3.63, 3.8) is 0 Å². The van der Waals surface area contributed by atoms with E-state index in [4.69, 9.17) is 5.73 Å². The number of hydrogen-bond donors (Lipinski definition) is 1. The van der Waals surface area contributed by atoms with Gasteiger partial charge in [-0.25, -0.2) is 4.98 Å². The van der Waals surface area contributed by atoms with E-state index in [1.54, 1.807) is 11.3 Å². The van der Waals surface area contributed by atoms with Crippen molar-refractivity contribution in [1.29, 1.82) is 0 Å². The maximum atomic E-state index is 5.62. The Morgan fingerprint density at radius 2 is 2.00 bits per heavy atom. The van der Waals surface area contributed by atoms with E-state index in [1.165, 1.54) is 10.4 Å². The lowest BCUT2D eigenvalue weighted by Crippen LogP contribution is -2.04. The van der Waals surface area contributed by atoms with E-state index < -0.39 is 0 Å². The van der Waals surface area contributed by atoms with E-state index in [2.05, 4.69) is 43.1 Å². The number of nitrogens with two attached hydrogens (primary N) is 1. The van der Waals surface area contributed by atoms with Crippen LogP contribution in [0, 0.1) is 6.92 Å². The molecule has 3 heteroatoms. The number of hydrogen-bond acceptors (Lipinski definition) is 3. The molecule has 1 aromatic carbocycles. The van der Waals surface area contributed by atoms with Gasteiger partial charge in [0.1, 0.15) is 5.01 Å². The summed E-state index contributed by atoms with van der Waals surface area (Å²) in [7, 11) is 0. The van der Waals surface area contributed by atoms with Crippen molar-refractivity contribution in [3.8, 4) is 10.6 Å². The van der Waals surface area contributed by atoms with Crippen LogP contribution in [0.25, 0.3) is 10.6 Å². The summed E-state index contributed by atoms with van der Waals surface area (Å²) in [5, 5.41) is 1.11. The molecule has 1 atom stereocenters. The highest BCUT2D eigenvalue weighted by molar-refractivity contribution is 7.15. The van der Waals surface area contributed by atoms with Crippen LogP contribution in [0.4, 0.5) is 0 Å². The molecule has 0 saturated heterocycles. The minimum atomic E-state index is 0.509. The van der Waals surface area contributed by atoms with E-state index in [0.717, 1.165) is 23.7 Å². The van der Waals surface area contributed by atoms with Gasteiger partial charge in [0.15, 0.2) is 0 Å². The minimum absolute atomic E-state index is 0.509. The summed E-state index contributed by atoms with van der Waals surface area (Å²) in [5.41, 5.74) is 7.97. The maximum absolute atomic E-state index is 5.62. The Labute approximate surface area is 107 Å². The Morgan fingerprint density at radius 3 is 2.65 bits per heavy atom. The Morgan fingerprint density at radius 1 is 1.29 bits per heavy atom. The molecule has 0 spiro atoms. The molecule has 0 amide bonds. The van der Waals surface area contributed by atoms with Gasteiger partial charge in [-0.3, -0.25) is 0 Å². The van der Waals surface area contributed by atoms with Crippen molar-refractivity contribution >= 4 is 11.3 Å². The zero-order valence-corrected chi connectivity index (χ0v) is 11.1. The zero-order chi connectivity index (χ0) is 12.3. The summed E-state index contributed by atoms with van der Waals surface area (Å²) >= 11 is 1.79. The standard InChI is InChI=1S/C14H18N2S/c1-10(8-9-15)13-11(2)16-14(17-13)12-6-4-3-5-7-12/h3-7,10H,8-9,15H2,1-2H3. The summed E-state index contributed by atoms with van der Waals surface area (Å²) in [6, 6.07) is 10.3. The Kier molecular flexibility index (Phi) is 3.92. The topological polar surface area (TPSA) is 38.9 Å². The van der Waals surface area contributed by atoms with Gasteiger partial charge < -0.3 is 5.73 Å². The summed E-state index contributed by atoms with van der Waals surface area (Å²) in [6.45, 7) is 5.05. The van der Waals surface area contributed by atoms with Crippen molar-refractivity contribution in [2.45, 2.75) is 26.2 Å². The van der Waals surface area contributed by atoms with E-state index >= 15 is 0 Å². The zero-order valence-electron chi connectivity index (χ0n) is 10.3. The Bertz CT molecular complexity index is 476. The largest absolute Gasteiger partial charge is 0.330 e. The average Bonchev–Trinajstić information content (AvgIpc) is 2.73. The molecule has 90 valence electrons. The second kappa shape index (κ2) is 5.43. The van der Waals surface area contributed by atoms with Crippen LogP contribution in [0.2, 0.25) is 0 Å². The second-order valence-electron chi connectivity index (χ2n) is 4.31. The molecule has 0 fully saturated rings. The summed E-state index contributed by atoms with van der Waals surface area (Å²) in [4.78, 5) is 6.03. The third-order valence-electron chi connectivity index (χ3n) is 2.90. The Balaban J connectivity index is 2.31. The highest BCUT2D eigenvalue weighted by Crippen LogP contribution is 2.33. The van der Waals surface area contributed by atoms with Crippen LogP contribution in [-0.4, -0.2) is 11.5 Å². The molecular weight excluding hydrogens is 228 g/mol. The summed E-state index contributed by atoms with van der Waals surface area (Å²) in [6.07, 6.45) is 1.03. The first kappa shape index (κ1) is 12.3. The molecule has 2 nitrogen and oxygen atoms in total. The predicted octanol–water partition coefficient (Wildman–Crippen LogP) is 3.57. The normalized spacial score (nSPS) is 12.6. The fraction of sp³-hybridized carbons (Fsp3) is 0.357. The SMILES string of the molecule is Cc1nc(-c2ccccc2)sc1C(C)CCN. The summed E-state index contributed by atoms with van der Waals surface area (Å²) < 4.78 is 0. The first-order valence-electron chi connectivity index (χ1n) is 5.95. The molecule has 0 saturated carbocycles.